The van der Waals surface area contributed by atoms with Crippen molar-refractivity contribution in [3.05, 3.63) is 89.2 Å². The number of nitrogens with zero attached hydrogens (tertiary/aromatic N) is 2. The summed E-state index contributed by atoms with van der Waals surface area (Å²) < 4.78 is 32.1. The average Bonchev–Trinajstić information content (AvgIpc) is 3.27. The zero-order valence-corrected chi connectivity index (χ0v) is 20.1. The molecule has 1 heterocycles. The Balaban J connectivity index is 1.45. The summed E-state index contributed by atoms with van der Waals surface area (Å²) in [4.78, 5) is 11.7. The van der Waals surface area contributed by atoms with Crippen molar-refractivity contribution >= 4 is 17.6 Å². The van der Waals surface area contributed by atoms with Crippen LogP contribution in [0.15, 0.2) is 72.8 Å². The number of aromatic nitrogens is 2. The highest BCUT2D eigenvalue weighted by Gasteiger charge is 2.13. The quantitative estimate of drug-likeness (QED) is 0.256. The molecule has 8 heteroatoms. The number of carbonyl (C=O) groups is 1. The highest BCUT2D eigenvalue weighted by atomic mass is 35.5. The number of hydrogen-bond donors (Lipinski definition) is 0. The van der Waals surface area contributed by atoms with Crippen molar-refractivity contribution in [1.29, 1.82) is 0 Å². The zero-order chi connectivity index (χ0) is 24.8. The van der Waals surface area contributed by atoms with Gasteiger partial charge in [0.15, 0.2) is 0 Å². The van der Waals surface area contributed by atoms with E-state index in [1.807, 2.05) is 25.1 Å². The summed E-state index contributed by atoms with van der Waals surface area (Å²) in [7, 11) is 1.35. The number of carbonyl (C=O) groups excluding carboxylic acids is 1. The predicted octanol–water partition coefficient (Wildman–Crippen LogP) is 6.27. The Morgan fingerprint density at radius 2 is 1.74 bits per heavy atom. The third-order valence-electron chi connectivity index (χ3n) is 5.31. The van der Waals surface area contributed by atoms with Gasteiger partial charge in [0.2, 0.25) is 5.88 Å². The van der Waals surface area contributed by atoms with Crippen LogP contribution < -0.4 is 9.47 Å². The minimum Gasteiger partial charge on any atom is -0.490 e. The number of methoxy groups -OCH3 is 1. The largest absolute Gasteiger partial charge is 0.490 e. The molecule has 0 fully saturated rings. The molecular weight excluding hydrogens is 471 g/mol. The molecule has 0 saturated heterocycles. The molecule has 0 saturated carbocycles. The molecule has 0 bridgehead atoms. The van der Waals surface area contributed by atoms with Crippen molar-refractivity contribution in [2.75, 3.05) is 20.3 Å². The minimum absolute atomic E-state index is 0.293. The van der Waals surface area contributed by atoms with Crippen molar-refractivity contribution < 1.29 is 23.4 Å². The van der Waals surface area contributed by atoms with Gasteiger partial charge in [-0.25, -0.2) is 13.9 Å². The van der Waals surface area contributed by atoms with Crippen LogP contribution in [0.1, 0.15) is 17.3 Å². The molecule has 6 nitrogen and oxygen atoms in total. The minimum atomic E-state index is -0.394. The second kappa shape index (κ2) is 11.1. The molecule has 0 unspecified atom stereocenters. The Morgan fingerprint density at radius 1 is 1.00 bits per heavy atom. The van der Waals surface area contributed by atoms with Crippen molar-refractivity contribution in [3.8, 4) is 34.0 Å². The van der Waals surface area contributed by atoms with E-state index in [0.717, 1.165) is 5.56 Å². The third-order valence-corrected chi connectivity index (χ3v) is 5.61. The van der Waals surface area contributed by atoms with Crippen LogP contribution in [0.3, 0.4) is 0 Å². The van der Waals surface area contributed by atoms with Crippen LogP contribution in [0.4, 0.5) is 4.39 Å². The molecule has 0 amide bonds. The highest BCUT2D eigenvalue weighted by Crippen LogP contribution is 2.32. The van der Waals surface area contributed by atoms with Gasteiger partial charge in [0.05, 0.1) is 36.5 Å². The molecule has 1 aromatic heterocycles. The smallest absolute Gasteiger partial charge is 0.337 e. The maximum atomic E-state index is 14.1. The molecule has 0 N–H and O–H groups in total. The van der Waals surface area contributed by atoms with Crippen LogP contribution in [-0.2, 0) is 11.3 Å². The zero-order valence-electron chi connectivity index (χ0n) is 19.3. The average molecular weight is 495 g/mol. The molecule has 0 spiro atoms. The Morgan fingerprint density at radius 3 is 2.43 bits per heavy atom. The summed E-state index contributed by atoms with van der Waals surface area (Å²) in [6.07, 6.45) is 0. The van der Waals surface area contributed by atoms with Gasteiger partial charge >= 0.3 is 5.97 Å². The van der Waals surface area contributed by atoms with E-state index in [-0.39, 0.29) is 5.82 Å². The van der Waals surface area contributed by atoms with Gasteiger partial charge in [-0.2, -0.15) is 5.10 Å². The summed E-state index contributed by atoms with van der Waals surface area (Å²) >= 11 is 6.40. The molecule has 180 valence electrons. The summed E-state index contributed by atoms with van der Waals surface area (Å²) in [5.41, 5.74) is 3.16. The van der Waals surface area contributed by atoms with Crippen LogP contribution in [0.5, 0.6) is 11.6 Å². The van der Waals surface area contributed by atoms with Crippen LogP contribution >= 0.6 is 11.6 Å². The van der Waals surface area contributed by atoms with Crippen LogP contribution in [0.25, 0.3) is 22.4 Å². The number of hydrogen-bond acceptors (Lipinski definition) is 5. The second-order valence-corrected chi connectivity index (χ2v) is 7.97. The van der Waals surface area contributed by atoms with E-state index >= 15 is 0 Å². The molecule has 4 rings (SSSR count). The molecule has 3 aromatic carbocycles. The van der Waals surface area contributed by atoms with Crippen molar-refractivity contribution in [1.82, 2.24) is 9.78 Å². The van der Waals surface area contributed by atoms with Crippen molar-refractivity contribution in [3.63, 3.8) is 0 Å². The lowest BCUT2D eigenvalue weighted by atomic mass is 10.1. The fourth-order valence-electron chi connectivity index (χ4n) is 3.58. The molecule has 4 aromatic rings. The van der Waals surface area contributed by atoms with E-state index in [9.17, 15) is 9.18 Å². The van der Waals surface area contributed by atoms with E-state index in [2.05, 4.69) is 5.10 Å². The Hall–Kier alpha value is -3.84. The highest BCUT2D eigenvalue weighted by molar-refractivity contribution is 6.32. The molecule has 0 atom stereocenters. The molecule has 35 heavy (non-hydrogen) atoms. The number of esters is 1. The molecule has 0 aliphatic rings. The number of ether oxygens (including phenoxy) is 3. The van der Waals surface area contributed by atoms with Gasteiger partial charge in [-0.3, -0.25) is 0 Å². The van der Waals surface area contributed by atoms with E-state index in [1.165, 1.54) is 13.2 Å². The summed E-state index contributed by atoms with van der Waals surface area (Å²) in [5.74, 6) is 0.393. The molecule has 0 radical (unpaired) electrons. The monoisotopic (exact) mass is 494 g/mol. The SMILES string of the molecule is CCOc1cc(-c2ccc(C(=O)OC)cc2)nn1CCOc1ccc(-c2ccccc2F)cc1Cl. The number of halogens is 2. The summed E-state index contributed by atoms with van der Waals surface area (Å²) in [5, 5.41) is 5.02. The van der Waals surface area contributed by atoms with Gasteiger partial charge in [0, 0.05) is 17.2 Å². The number of benzene rings is 3. The Kier molecular flexibility index (Phi) is 7.67. The molecule has 0 aliphatic heterocycles. The van der Waals surface area contributed by atoms with E-state index < -0.39 is 5.97 Å². The second-order valence-electron chi connectivity index (χ2n) is 7.57. The Bertz CT molecular complexity index is 1320. The fourth-order valence-corrected chi connectivity index (χ4v) is 3.82. The van der Waals surface area contributed by atoms with Gasteiger partial charge in [-0.1, -0.05) is 48.0 Å². The maximum Gasteiger partial charge on any atom is 0.337 e. The van der Waals surface area contributed by atoms with Crippen LogP contribution in [-0.4, -0.2) is 36.1 Å². The van der Waals surface area contributed by atoms with Gasteiger partial charge in [0.25, 0.3) is 0 Å². The first-order valence-electron chi connectivity index (χ1n) is 11.1. The molecular formula is C27H24ClFN2O4. The lowest BCUT2D eigenvalue weighted by molar-refractivity contribution is 0.0600. The lowest BCUT2D eigenvalue weighted by Crippen LogP contribution is -2.11. The van der Waals surface area contributed by atoms with Gasteiger partial charge in [0.1, 0.15) is 18.2 Å². The van der Waals surface area contributed by atoms with E-state index in [1.54, 1.807) is 53.2 Å². The first kappa shape index (κ1) is 24.3. The summed E-state index contributed by atoms with van der Waals surface area (Å²) in [6, 6.07) is 20.6. The number of rotatable bonds is 9. The van der Waals surface area contributed by atoms with Crippen molar-refractivity contribution in [2.24, 2.45) is 0 Å². The van der Waals surface area contributed by atoms with Crippen molar-refractivity contribution in [2.45, 2.75) is 13.5 Å². The van der Waals surface area contributed by atoms with Crippen LogP contribution in [0, 0.1) is 5.82 Å². The first-order valence-corrected chi connectivity index (χ1v) is 11.4. The van der Waals surface area contributed by atoms with Gasteiger partial charge < -0.3 is 14.2 Å². The third kappa shape index (κ3) is 5.63. The normalized spacial score (nSPS) is 10.7. The maximum absolute atomic E-state index is 14.1. The lowest BCUT2D eigenvalue weighted by Gasteiger charge is -2.11. The predicted molar refractivity (Wildman–Crippen MR) is 133 cm³/mol. The van der Waals surface area contributed by atoms with Crippen LogP contribution in [0.2, 0.25) is 5.02 Å². The van der Waals surface area contributed by atoms with E-state index in [0.29, 0.717) is 58.8 Å². The molecule has 0 aliphatic carbocycles. The standard InChI is InChI=1S/C27H24ClFN2O4/c1-3-34-26-17-24(18-8-10-19(11-9-18)27(32)33-2)30-31(26)14-15-35-25-13-12-20(16-22(25)28)21-6-4-5-7-23(21)29/h4-13,16-17H,3,14-15H2,1-2H3. The van der Waals surface area contributed by atoms with Gasteiger partial charge in [-0.05, 0) is 42.8 Å². The Labute approximate surface area is 207 Å². The summed E-state index contributed by atoms with van der Waals surface area (Å²) in [6.45, 7) is 3.09. The van der Waals surface area contributed by atoms with E-state index in [4.69, 9.17) is 25.8 Å². The fraction of sp³-hybridized carbons (Fsp3) is 0.185. The first-order chi connectivity index (χ1) is 17.0. The topological polar surface area (TPSA) is 62.6 Å². The van der Waals surface area contributed by atoms with Gasteiger partial charge in [-0.15, -0.1) is 0 Å².